The first-order valence-corrected chi connectivity index (χ1v) is 6.04. The predicted octanol–water partition coefficient (Wildman–Crippen LogP) is 3.56. The molecule has 0 bridgehead atoms. The molecule has 0 spiro atoms. The van der Waals surface area contributed by atoms with E-state index in [0.29, 0.717) is 0 Å². The van der Waals surface area contributed by atoms with Crippen LogP contribution in [0.2, 0.25) is 0 Å². The molecule has 3 nitrogen and oxygen atoms in total. The molecule has 0 fully saturated rings. The predicted molar refractivity (Wildman–Crippen MR) is 65.9 cm³/mol. The van der Waals surface area contributed by atoms with Gasteiger partial charge in [-0.1, -0.05) is 32.3 Å². The number of ketones is 2. The van der Waals surface area contributed by atoms with Gasteiger partial charge in [-0.3, -0.25) is 9.59 Å². The molecule has 0 atom stereocenters. The van der Waals surface area contributed by atoms with Gasteiger partial charge < -0.3 is 4.42 Å². The summed E-state index contributed by atoms with van der Waals surface area (Å²) in [5.74, 6) is -0.999. The summed E-state index contributed by atoms with van der Waals surface area (Å²) in [7, 11) is 0. The number of furan rings is 1. The molecule has 0 saturated carbocycles. The highest BCUT2D eigenvalue weighted by atomic mass is 16.3. The van der Waals surface area contributed by atoms with Crippen LogP contribution in [0.1, 0.15) is 49.6 Å². The molecule has 0 N–H and O–H groups in total. The molecule has 0 unspecified atom stereocenters. The minimum absolute atomic E-state index is 0.102. The highest BCUT2D eigenvalue weighted by molar-refractivity contribution is 6.46. The molecule has 0 saturated heterocycles. The van der Waals surface area contributed by atoms with Crippen LogP contribution in [0.15, 0.2) is 35.0 Å². The number of Topliss-reactive ketones (excluding diaryl/α,β-unsaturated/α-hetero) is 1. The Labute approximate surface area is 102 Å². The van der Waals surface area contributed by atoms with Crippen molar-refractivity contribution in [1.29, 1.82) is 0 Å². The molecule has 0 aliphatic carbocycles. The molecule has 0 aliphatic rings. The third-order valence-electron chi connectivity index (χ3n) is 2.46. The summed E-state index contributed by atoms with van der Waals surface area (Å²) < 4.78 is 4.87. The van der Waals surface area contributed by atoms with Gasteiger partial charge in [-0.05, 0) is 31.1 Å². The van der Waals surface area contributed by atoms with Gasteiger partial charge in [0.05, 0.1) is 6.26 Å². The van der Waals surface area contributed by atoms with Gasteiger partial charge in [0, 0.05) is 0 Å². The fourth-order valence-electron chi connectivity index (χ4n) is 1.48. The monoisotopic (exact) mass is 234 g/mol. The summed E-state index contributed by atoms with van der Waals surface area (Å²) >= 11 is 0. The Bertz CT molecular complexity index is 374. The summed E-state index contributed by atoms with van der Waals surface area (Å²) in [6.07, 6.45) is 9.97. The normalized spacial score (nSPS) is 10.9. The number of unbranched alkanes of at least 4 members (excludes halogenated alkanes) is 4. The second-order valence-corrected chi connectivity index (χ2v) is 3.92. The van der Waals surface area contributed by atoms with E-state index in [-0.39, 0.29) is 5.76 Å². The maximum Gasteiger partial charge on any atom is 0.267 e. The van der Waals surface area contributed by atoms with E-state index in [9.17, 15) is 9.59 Å². The second-order valence-electron chi connectivity index (χ2n) is 3.92. The van der Waals surface area contributed by atoms with Gasteiger partial charge in [0.25, 0.3) is 5.78 Å². The highest BCUT2D eigenvalue weighted by Gasteiger charge is 2.15. The van der Waals surface area contributed by atoms with E-state index in [1.807, 2.05) is 0 Å². The van der Waals surface area contributed by atoms with E-state index in [2.05, 4.69) is 6.92 Å². The van der Waals surface area contributed by atoms with Crippen LogP contribution in [0.25, 0.3) is 0 Å². The summed E-state index contributed by atoms with van der Waals surface area (Å²) in [5, 5.41) is 0. The Morgan fingerprint density at radius 3 is 2.76 bits per heavy atom. The number of carbonyl (C=O) groups is 2. The quantitative estimate of drug-likeness (QED) is 0.299. The number of hydrogen-bond donors (Lipinski definition) is 0. The van der Waals surface area contributed by atoms with E-state index in [4.69, 9.17) is 4.42 Å². The minimum atomic E-state index is -0.584. The van der Waals surface area contributed by atoms with Crippen LogP contribution in [-0.2, 0) is 4.79 Å². The molecule has 1 aromatic rings. The molecule has 17 heavy (non-hydrogen) atoms. The van der Waals surface area contributed by atoms with Gasteiger partial charge in [-0.25, -0.2) is 0 Å². The first-order valence-electron chi connectivity index (χ1n) is 6.04. The van der Waals surface area contributed by atoms with Crippen molar-refractivity contribution in [3.8, 4) is 0 Å². The Hall–Kier alpha value is -1.64. The molecule has 3 heteroatoms. The minimum Gasteiger partial charge on any atom is -0.461 e. The molecule has 0 radical (unpaired) electrons. The first-order chi connectivity index (χ1) is 8.25. The van der Waals surface area contributed by atoms with Gasteiger partial charge in [0.2, 0.25) is 5.78 Å². The summed E-state index contributed by atoms with van der Waals surface area (Å²) in [5.41, 5.74) is 0. The van der Waals surface area contributed by atoms with Crippen molar-refractivity contribution in [2.45, 2.75) is 39.0 Å². The largest absolute Gasteiger partial charge is 0.461 e. The fraction of sp³-hybridized carbons (Fsp3) is 0.429. The lowest BCUT2D eigenvalue weighted by Crippen LogP contribution is -2.09. The van der Waals surface area contributed by atoms with Crippen molar-refractivity contribution >= 4 is 11.6 Å². The zero-order valence-corrected chi connectivity index (χ0v) is 10.1. The molecule has 0 aromatic carbocycles. The van der Waals surface area contributed by atoms with Crippen molar-refractivity contribution in [3.63, 3.8) is 0 Å². The number of carbonyl (C=O) groups excluding carboxylic acids is 2. The van der Waals surface area contributed by atoms with E-state index in [0.717, 1.165) is 12.8 Å². The van der Waals surface area contributed by atoms with Crippen LogP contribution >= 0.6 is 0 Å². The molecular formula is C14H18O3. The maximum atomic E-state index is 11.5. The number of allylic oxidation sites excluding steroid dienone is 2. The van der Waals surface area contributed by atoms with E-state index >= 15 is 0 Å². The Kier molecular flexibility index (Phi) is 6.00. The average molecular weight is 234 g/mol. The first kappa shape index (κ1) is 13.4. The van der Waals surface area contributed by atoms with Crippen molar-refractivity contribution in [3.05, 3.63) is 36.3 Å². The van der Waals surface area contributed by atoms with E-state index in [1.165, 1.54) is 37.7 Å². The SMILES string of the molecule is CCCCCCC=CC(=O)C(=O)c1ccco1. The lowest BCUT2D eigenvalue weighted by Gasteiger charge is -1.94. The average Bonchev–Trinajstić information content (AvgIpc) is 2.86. The maximum absolute atomic E-state index is 11.5. The topological polar surface area (TPSA) is 47.3 Å². The van der Waals surface area contributed by atoms with E-state index in [1.54, 1.807) is 12.1 Å². The van der Waals surface area contributed by atoms with Crippen molar-refractivity contribution in [2.24, 2.45) is 0 Å². The smallest absolute Gasteiger partial charge is 0.267 e. The summed E-state index contributed by atoms with van der Waals surface area (Å²) in [6, 6.07) is 3.09. The third-order valence-corrected chi connectivity index (χ3v) is 2.46. The third kappa shape index (κ3) is 4.81. The number of hydrogen-bond acceptors (Lipinski definition) is 3. The van der Waals surface area contributed by atoms with Gasteiger partial charge >= 0.3 is 0 Å². The van der Waals surface area contributed by atoms with Gasteiger partial charge in [-0.15, -0.1) is 0 Å². The van der Waals surface area contributed by atoms with Crippen LogP contribution < -0.4 is 0 Å². The zero-order valence-electron chi connectivity index (χ0n) is 10.1. The molecular weight excluding hydrogens is 216 g/mol. The molecule has 1 heterocycles. The molecule has 0 amide bonds. The number of rotatable bonds is 8. The van der Waals surface area contributed by atoms with E-state index < -0.39 is 11.6 Å². The van der Waals surface area contributed by atoms with Crippen molar-refractivity contribution < 1.29 is 14.0 Å². The highest BCUT2D eigenvalue weighted by Crippen LogP contribution is 2.05. The Morgan fingerprint density at radius 1 is 1.29 bits per heavy atom. The summed E-state index contributed by atoms with van der Waals surface area (Å²) in [6.45, 7) is 2.15. The fourth-order valence-corrected chi connectivity index (χ4v) is 1.48. The van der Waals surface area contributed by atoms with Crippen LogP contribution in [0.3, 0.4) is 0 Å². The van der Waals surface area contributed by atoms with Gasteiger partial charge in [-0.2, -0.15) is 0 Å². The summed E-state index contributed by atoms with van der Waals surface area (Å²) in [4.78, 5) is 22.9. The van der Waals surface area contributed by atoms with Crippen LogP contribution in [0, 0.1) is 0 Å². The van der Waals surface area contributed by atoms with Crippen LogP contribution in [0.4, 0.5) is 0 Å². The molecule has 1 aromatic heterocycles. The van der Waals surface area contributed by atoms with Gasteiger partial charge in [0.1, 0.15) is 0 Å². The molecule has 0 aliphatic heterocycles. The van der Waals surface area contributed by atoms with Crippen LogP contribution in [-0.4, -0.2) is 11.6 Å². The lowest BCUT2D eigenvalue weighted by molar-refractivity contribution is -0.111. The van der Waals surface area contributed by atoms with Crippen molar-refractivity contribution in [1.82, 2.24) is 0 Å². The molecule has 92 valence electrons. The second kappa shape index (κ2) is 7.60. The van der Waals surface area contributed by atoms with Crippen molar-refractivity contribution in [2.75, 3.05) is 0 Å². The Morgan fingerprint density at radius 2 is 2.12 bits per heavy atom. The Balaban J connectivity index is 2.29. The lowest BCUT2D eigenvalue weighted by atomic mass is 10.1. The van der Waals surface area contributed by atoms with Gasteiger partial charge in [0.15, 0.2) is 5.76 Å². The van der Waals surface area contributed by atoms with Crippen LogP contribution in [0.5, 0.6) is 0 Å². The zero-order chi connectivity index (χ0) is 12.5. The standard InChI is InChI=1S/C14H18O3/c1-2-3-4-5-6-7-9-12(15)14(16)13-10-8-11-17-13/h7-11H,2-6H2,1H3. The molecule has 1 rings (SSSR count).